The molecule has 3 rings (SSSR count). The van der Waals surface area contributed by atoms with Gasteiger partial charge in [-0.3, -0.25) is 4.79 Å². The van der Waals surface area contributed by atoms with Crippen LogP contribution in [0.3, 0.4) is 0 Å². The maximum Gasteiger partial charge on any atom is 0.335 e. The summed E-state index contributed by atoms with van der Waals surface area (Å²) < 4.78 is 19.1. The predicted octanol–water partition coefficient (Wildman–Crippen LogP) is 3.10. The second kappa shape index (κ2) is 7.34. The SMILES string of the molecule is O=C(CCc1ccccc1C(=O)O)N[C@@H]1CCOc2c(F)cccc21. The molecular formula is C19H18FNO4. The number of ether oxygens (including phenoxy) is 1. The van der Waals surface area contributed by atoms with Gasteiger partial charge in [-0.15, -0.1) is 0 Å². The molecule has 1 aliphatic rings. The Labute approximate surface area is 144 Å². The van der Waals surface area contributed by atoms with Crippen LogP contribution in [0.1, 0.15) is 40.4 Å². The third-order valence-electron chi connectivity index (χ3n) is 4.23. The first-order valence-corrected chi connectivity index (χ1v) is 8.08. The first-order chi connectivity index (χ1) is 12.1. The van der Waals surface area contributed by atoms with Crippen LogP contribution in [0, 0.1) is 5.82 Å². The maximum atomic E-state index is 13.8. The largest absolute Gasteiger partial charge is 0.490 e. The number of aryl methyl sites for hydroxylation is 1. The van der Waals surface area contributed by atoms with Gasteiger partial charge in [-0.05, 0) is 24.1 Å². The molecule has 2 aromatic rings. The first kappa shape index (κ1) is 17.0. The molecule has 1 atom stereocenters. The van der Waals surface area contributed by atoms with Gasteiger partial charge < -0.3 is 15.2 Å². The molecular weight excluding hydrogens is 325 g/mol. The number of carboxylic acid groups (broad SMARTS) is 1. The van der Waals surface area contributed by atoms with Crippen molar-refractivity contribution in [2.45, 2.75) is 25.3 Å². The number of fused-ring (bicyclic) bond motifs is 1. The van der Waals surface area contributed by atoms with Gasteiger partial charge in [0.2, 0.25) is 5.91 Å². The highest BCUT2D eigenvalue weighted by molar-refractivity contribution is 5.89. The van der Waals surface area contributed by atoms with Gasteiger partial charge in [0.1, 0.15) is 0 Å². The van der Waals surface area contributed by atoms with Crippen LogP contribution in [0.15, 0.2) is 42.5 Å². The highest BCUT2D eigenvalue weighted by Crippen LogP contribution is 2.34. The van der Waals surface area contributed by atoms with Crippen molar-refractivity contribution in [3.63, 3.8) is 0 Å². The quantitative estimate of drug-likeness (QED) is 0.875. The number of carbonyl (C=O) groups excluding carboxylic acids is 1. The first-order valence-electron chi connectivity index (χ1n) is 8.08. The van der Waals surface area contributed by atoms with Crippen molar-refractivity contribution < 1.29 is 23.8 Å². The molecule has 1 amide bonds. The number of para-hydroxylation sites is 1. The molecule has 2 aromatic carbocycles. The molecule has 0 spiro atoms. The molecule has 0 saturated heterocycles. The maximum absolute atomic E-state index is 13.8. The van der Waals surface area contributed by atoms with E-state index in [4.69, 9.17) is 4.74 Å². The minimum absolute atomic E-state index is 0.159. The zero-order valence-corrected chi connectivity index (χ0v) is 13.5. The zero-order valence-electron chi connectivity index (χ0n) is 13.5. The van der Waals surface area contributed by atoms with Crippen molar-refractivity contribution >= 4 is 11.9 Å². The van der Waals surface area contributed by atoms with Gasteiger partial charge in [0.15, 0.2) is 11.6 Å². The van der Waals surface area contributed by atoms with E-state index in [1.54, 1.807) is 30.3 Å². The number of amides is 1. The molecule has 0 fully saturated rings. The van der Waals surface area contributed by atoms with E-state index in [0.717, 1.165) is 0 Å². The van der Waals surface area contributed by atoms with Gasteiger partial charge in [0.25, 0.3) is 0 Å². The lowest BCUT2D eigenvalue weighted by Gasteiger charge is -2.27. The number of benzene rings is 2. The standard InChI is InChI=1S/C19H18FNO4/c20-15-7-3-6-14-16(10-11-25-18(14)15)21-17(22)9-8-12-4-1-2-5-13(12)19(23)24/h1-7,16H,8-11H2,(H,21,22)(H,23,24)/t16-/m1/s1. The Balaban J connectivity index is 1.65. The number of hydrogen-bond donors (Lipinski definition) is 2. The Kier molecular flexibility index (Phi) is 4.97. The molecule has 5 nitrogen and oxygen atoms in total. The van der Waals surface area contributed by atoms with Crippen molar-refractivity contribution in [3.05, 3.63) is 65.0 Å². The fourth-order valence-electron chi connectivity index (χ4n) is 3.00. The average molecular weight is 343 g/mol. The van der Waals surface area contributed by atoms with Gasteiger partial charge in [-0.2, -0.15) is 0 Å². The minimum Gasteiger partial charge on any atom is -0.490 e. The van der Waals surface area contributed by atoms with Gasteiger partial charge in [0, 0.05) is 18.4 Å². The van der Waals surface area contributed by atoms with Crippen LogP contribution >= 0.6 is 0 Å². The van der Waals surface area contributed by atoms with Gasteiger partial charge in [-0.25, -0.2) is 9.18 Å². The average Bonchev–Trinajstić information content (AvgIpc) is 2.61. The van der Waals surface area contributed by atoms with Crippen LogP contribution < -0.4 is 10.1 Å². The summed E-state index contributed by atoms with van der Waals surface area (Å²) in [5.41, 5.74) is 1.45. The molecule has 2 N–H and O–H groups in total. The lowest BCUT2D eigenvalue weighted by atomic mass is 9.99. The molecule has 0 saturated carbocycles. The third-order valence-corrected chi connectivity index (χ3v) is 4.23. The van der Waals surface area contributed by atoms with Gasteiger partial charge in [-0.1, -0.05) is 30.3 Å². The summed E-state index contributed by atoms with van der Waals surface area (Å²) in [7, 11) is 0. The lowest BCUT2D eigenvalue weighted by Crippen LogP contribution is -2.32. The second-order valence-electron chi connectivity index (χ2n) is 5.88. The van der Waals surface area contributed by atoms with E-state index in [9.17, 15) is 19.1 Å². The van der Waals surface area contributed by atoms with E-state index in [1.807, 2.05) is 0 Å². The Morgan fingerprint density at radius 3 is 2.80 bits per heavy atom. The molecule has 25 heavy (non-hydrogen) atoms. The summed E-state index contributed by atoms with van der Waals surface area (Å²) in [6.07, 6.45) is 1.05. The number of rotatable bonds is 5. The minimum atomic E-state index is -1.01. The van der Waals surface area contributed by atoms with Crippen molar-refractivity contribution in [1.29, 1.82) is 0 Å². The molecule has 1 heterocycles. The van der Waals surface area contributed by atoms with E-state index in [1.165, 1.54) is 12.1 Å². The molecule has 0 bridgehead atoms. The molecule has 0 radical (unpaired) electrons. The van der Waals surface area contributed by atoms with Crippen molar-refractivity contribution in [2.75, 3.05) is 6.61 Å². The van der Waals surface area contributed by atoms with Crippen molar-refractivity contribution in [2.24, 2.45) is 0 Å². The van der Waals surface area contributed by atoms with E-state index >= 15 is 0 Å². The number of carbonyl (C=O) groups is 2. The molecule has 0 unspecified atom stereocenters. The van der Waals surface area contributed by atoms with E-state index < -0.39 is 11.8 Å². The molecule has 130 valence electrons. The van der Waals surface area contributed by atoms with Crippen LogP contribution in [0.25, 0.3) is 0 Å². The van der Waals surface area contributed by atoms with E-state index in [-0.39, 0.29) is 29.7 Å². The summed E-state index contributed by atoms with van der Waals surface area (Å²) in [4.78, 5) is 23.5. The molecule has 0 aliphatic carbocycles. The highest BCUT2D eigenvalue weighted by Gasteiger charge is 2.25. The fraction of sp³-hybridized carbons (Fsp3) is 0.263. The monoisotopic (exact) mass is 343 g/mol. The van der Waals surface area contributed by atoms with Gasteiger partial charge in [0.05, 0.1) is 18.2 Å². The third kappa shape index (κ3) is 3.79. The summed E-state index contributed by atoms with van der Waals surface area (Å²) in [6.45, 7) is 0.334. The summed E-state index contributed by atoms with van der Waals surface area (Å²) in [5, 5.41) is 12.1. The second-order valence-corrected chi connectivity index (χ2v) is 5.88. The lowest BCUT2D eigenvalue weighted by molar-refractivity contribution is -0.122. The summed E-state index contributed by atoms with van der Waals surface area (Å²) in [5.74, 6) is -1.46. The smallest absolute Gasteiger partial charge is 0.335 e. The summed E-state index contributed by atoms with van der Waals surface area (Å²) in [6, 6.07) is 11.0. The van der Waals surface area contributed by atoms with Crippen molar-refractivity contribution in [1.82, 2.24) is 5.32 Å². The van der Waals surface area contributed by atoms with Crippen LogP contribution in [-0.4, -0.2) is 23.6 Å². The zero-order chi connectivity index (χ0) is 17.8. The van der Waals surface area contributed by atoms with Crippen molar-refractivity contribution in [3.8, 4) is 5.75 Å². The number of carboxylic acids is 1. The normalized spacial score (nSPS) is 15.8. The highest BCUT2D eigenvalue weighted by atomic mass is 19.1. The van der Waals surface area contributed by atoms with Crippen LogP contribution in [-0.2, 0) is 11.2 Å². The van der Waals surface area contributed by atoms with Crippen LogP contribution in [0.2, 0.25) is 0 Å². The van der Waals surface area contributed by atoms with E-state index in [0.29, 0.717) is 30.6 Å². The number of hydrogen-bond acceptors (Lipinski definition) is 3. The Bertz CT molecular complexity index is 806. The Morgan fingerprint density at radius 2 is 2.00 bits per heavy atom. The van der Waals surface area contributed by atoms with Gasteiger partial charge >= 0.3 is 5.97 Å². The fourth-order valence-corrected chi connectivity index (χ4v) is 3.00. The number of halogens is 1. The topological polar surface area (TPSA) is 75.6 Å². The molecule has 6 heteroatoms. The van der Waals surface area contributed by atoms with E-state index in [2.05, 4.69) is 5.32 Å². The summed E-state index contributed by atoms with van der Waals surface area (Å²) >= 11 is 0. The number of aromatic carboxylic acids is 1. The molecule has 0 aromatic heterocycles. The van der Waals surface area contributed by atoms with Crippen LogP contribution in [0.5, 0.6) is 5.75 Å². The molecule has 1 aliphatic heterocycles. The predicted molar refractivity (Wildman–Crippen MR) is 89.1 cm³/mol. The Morgan fingerprint density at radius 1 is 1.20 bits per heavy atom. The number of nitrogens with one attached hydrogen (secondary N) is 1. The Hall–Kier alpha value is -2.89. The van der Waals surface area contributed by atoms with Crippen LogP contribution in [0.4, 0.5) is 4.39 Å².